The van der Waals surface area contributed by atoms with Gasteiger partial charge in [0.2, 0.25) is 11.8 Å². The fraction of sp³-hybridized carbons (Fsp3) is 0.389. The Morgan fingerprint density at radius 3 is 2.71 bits per heavy atom. The lowest BCUT2D eigenvalue weighted by Gasteiger charge is -2.20. The normalized spacial score (nSPS) is 13.5. The Hall–Kier alpha value is -2.63. The van der Waals surface area contributed by atoms with Crippen LogP contribution in [-0.4, -0.2) is 42.0 Å². The second-order valence-electron chi connectivity index (χ2n) is 5.98. The van der Waals surface area contributed by atoms with Gasteiger partial charge in [0.1, 0.15) is 12.8 Å². The molecular weight excluding hydrogens is 308 g/mol. The van der Waals surface area contributed by atoms with Crippen LogP contribution in [-0.2, 0) is 20.7 Å². The number of ether oxygens (including phenoxy) is 1. The van der Waals surface area contributed by atoms with Crippen LogP contribution >= 0.6 is 0 Å². The van der Waals surface area contributed by atoms with E-state index in [0.29, 0.717) is 24.0 Å². The van der Waals surface area contributed by atoms with Crippen molar-refractivity contribution in [3.8, 4) is 11.5 Å². The van der Waals surface area contributed by atoms with Crippen LogP contribution in [0.25, 0.3) is 11.5 Å². The number of benzene rings is 1. The van der Waals surface area contributed by atoms with Gasteiger partial charge in [0.15, 0.2) is 0 Å². The minimum absolute atomic E-state index is 0.0186. The average molecular weight is 328 g/mol. The van der Waals surface area contributed by atoms with Crippen molar-refractivity contribution in [2.24, 2.45) is 5.92 Å². The van der Waals surface area contributed by atoms with Crippen LogP contribution in [0.5, 0.6) is 0 Å². The van der Waals surface area contributed by atoms with E-state index in [0.717, 1.165) is 18.4 Å². The number of esters is 1. The van der Waals surface area contributed by atoms with E-state index in [2.05, 4.69) is 9.72 Å². The molecule has 126 valence electrons. The average Bonchev–Trinajstić information content (AvgIpc) is 3.30. The first-order valence-electron chi connectivity index (χ1n) is 8.00. The number of oxazole rings is 1. The first-order valence-corrected chi connectivity index (χ1v) is 8.00. The topological polar surface area (TPSA) is 72.6 Å². The van der Waals surface area contributed by atoms with Gasteiger partial charge < -0.3 is 14.1 Å². The van der Waals surface area contributed by atoms with Crippen LogP contribution in [0.3, 0.4) is 0 Å². The molecule has 0 atom stereocenters. The fourth-order valence-corrected chi connectivity index (χ4v) is 2.46. The van der Waals surface area contributed by atoms with Gasteiger partial charge in [-0.05, 0) is 30.9 Å². The summed E-state index contributed by atoms with van der Waals surface area (Å²) in [7, 11) is 1.33. The molecule has 3 rings (SSSR count). The van der Waals surface area contributed by atoms with E-state index >= 15 is 0 Å². The van der Waals surface area contributed by atoms with Crippen LogP contribution in [0, 0.1) is 5.92 Å². The molecule has 0 bridgehead atoms. The van der Waals surface area contributed by atoms with Gasteiger partial charge in [0, 0.05) is 12.1 Å². The molecule has 1 aromatic heterocycles. The Bertz CT molecular complexity index is 707. The van der Waals surface area contributed by atoms with Crippen LogP contribution in [0.15, 0.2) is 41.0 Å². The van der Waals surface area contributed by atoms with Crippen LogP contribution in [0.2, 0.25) is 0 Å². The first kappa shape index (κ1) is 16.2. The highest BCUT2D eigenvalue weighted by atomic mass is 16.5. The summed E-state index contributed by atoms with van der Waals surface area (Å²) in [6.45, 7) is 0.576. The lowest BCUT2D eigenvalue weighted by atomic mass is 10.2. The third-order valence-electron chi connectivity index (χ3n) is 3.98. The van der Waals surface area contributed by atoms with Crippen LogP contribution < -0.4 is 0 Å². The SMILES string of the molecule is COC(=O)CN(CC1CC1)C(=O)Cc1coc(-c2ccccc2)n1. The van der Waals surface area contributed by atoms with E-state index in [1.54, 1.807) is 4.90 Å². The molecule has 1 aliphatic rings. The summed E-state index contributed by atoms with van der Waals surface area (Å²) in [5.41, 5.74) is 1.42. The number of hydrogen-bond acceptors (Lipinski definition) is 5. The molecule has 1 aromatic carbocycles. The Labute approximate surface area is 140 Å². The number of carbonyl (C=O) groups excluding carboxylic acids is 2. The molecule has 0 aliphatic heterocycles. The molecule has 0 unspecified atom stereocenters. The summed E-state index contributed by atoms with van der Waals surface area (Å²) >= 11 is 0. The quantitative estimate of drug-likeness (QED) is 0.729. The van der Waals surface area contributed by atoms with Gasteiger partial charge in [-0.25, -0.2) is 4.98 Å². The Morgan fingerprint density at radius 2 is 2.04 bits per heavy atom. The van der Waals surface area contributed by atoms with Crippen molar-refractivity contribution in [2.45, 2.75) is 19.3 Å². The van der Waals surface area contributed by atoms with Gasteiger partial charge in [0.25, 0.3) is 0 Å². The molecule has 1 saturated carbocycles. The highest BCUT2D eigenvalue weighted by molar-refractivity contribution is 5.83. The zero-order valence-corrected chi connectivity index (χ0v) is 13.6. The number of hydrogen-bond donors (Lipinski definition) is 0. The third kappa shape index (κ3) is 4.22. The number of methoxy groups -OCH3 is 1. The third-order valence-corrected chi connectivity index (χ3v) is 3.98. The summed E-state index contributed by atoms with van der Waals surface area (Å²) in [6.07, 6.45) is 3.81. The van der Waals surface area contributed by atoms with Crippen LogP contribution in [0.1, 0.15) is 18.5 Å². The lowest BCUT2D eigenvalue weighted by molar-refractivity contribution is -0.147. The predicted octanol–water partition coefficient (Wildman–Crippen LogP) is 2.30. The highest BCUT2D eigenvalue weighted by Gasteiger charge is 2.28. The van der Waals surface area contributed by atoms with Gasteiger partial charge in [-0.15, -0.1) is 0 Å². The number of nitrogens with zero attached hydrogens (tertiary/aromatic N) is 2. The van der Waals surface area contributed by atoms with Crippen molar-refractivity contribution in [3.63, 3.8) is 0 Å². The predicted molar refractivity (Wildman–Crippen MR) is 87.0 cm³/mol. The molecular formula is C18H20N2O4. The Kier molecular flexibility index (Phi) is 4.93. The van der Waals surface area contributed by atoms with Gasteiger partial charge in [-0.3, -0.25) is 9.59 Å². The molecule has 0 spiro atoms. The molecule has 6 heteroatoms. The minimum atomic E-state index is -0.408. The first-order chi connectivity index (χ1) is 11.7. The summed E-state index contributed by atoms with van der Waals surface area (Å²) < 4.78 is 10.1. The summed E-state index contributed by atoms with van der Waals surface area (Å²) in [5, 5.41) is 0. The number of aromatic nitrogens is 1. The van der Waals surface area contributed by atoms with Gasteiger partial charge >= 0.3 is 5.97 Å². The van der Waals surface area contributed by atoms with E-state index in [4.69, 9.17) is 4.42 Å². The Morgan fingerprint density at radius 1 is 1.29 bits per heavy atom. The monoisotopic (exact) mass is 328 g/mol. The van der Waals surface area contributed by atoms with Crippen molar-refractivity contribution in [3.05, 3.63) is 42.3 Å². The summed E-state index contributed by atoms with van der Waals surface area (Å²) in [6, 6.07) is 9.51. The largest absolute Gasteiger partial charge is 0.468 e. The highest BCUT2D eigenvalue weighted by Crippen LogP contribution is 2.30. The van der Waals surface area contributed by atoms with Gasteiger partial charge in [0.05, 0.1) is 19.2 Å². The molecule has 0 saturated heterocycles. The maximum atomic E-state index is 12.5. The molecule has 24 heavy (non-hydrogen) atoms. The van der Waals surface area contributed by atoms with Gasteiger partial charge in [-0.1, -0.05) is 18.2 Å². The number of carbonyl (C=O) groups is 2. The fourth-order valence-electron chi connectivity index (χ4n) is 2.46. The summed E-state index contributed by atoms with van der Waals surface area (Å²) in [4.78, 5) is 30.0. The molecule has 2 aromatic rings. The van der Waals surface area contributed by atoms with Crippen molar-refractivity contribution < 1.29 is 18.7 Å². The zero-order valence-electron chi connectivity index (χ0n) is 13.6. The van der Waals surface area contributed by atoms with E-state index < -0.39 is 5.97 Å². The second kappa shape index (κ2) is 7.29. The summed E-state index contributed by atoms with van der Waals surface area (Å²) in [5.74, 6) is 0.435. The molecule has 6 nitrogen and oxygen atoms in total. The standard InChI is InChI=1S/C18H20N2O4/c1-23-17(22)11-20(10-13-7-8-13)16(21)9-15-12-24-18(19-15)14-5-3-2-4-6-14/h2-6,12-13H,7-11H2,1H3. The van der Waals surface area contributed by atoms with E-state index in [1.165, 1.54) is 13.4 Å². The van der Waals surface area contributed by atoms with Crippen molar-refractivity contribution in [2.75, 3.05) is 20.2 Å². The maximum absolute atomic E-state index is 12.5. The van der Waals surface area contributed by atoms with E-state index in [1.807, 2.05) is 30.3 Å². The molecule has 0 radical (unpaired) electrons. The van der Waals surface area contributed by atoms with E-state index in [9.17, 15) is 9.59 Å². The van der Waals surface area contributed by atoms with Crippen molar-refractivity contribution in [1.29, 1.82) is 0 Å². The molecule has 1 heterocycles. The van der Waals surface area contributed by atoms with E-state index in [-0.39, 0.29) is 18.9 Å². The number of amides is 1. The Balaban J connectivity index is 1.65. The minimum Gasteiger partial charge on any atom is -0.468 e. The molecule has 0 N–H and O–H groups in total. The van der Waals surface area contributed by atoms with Crippen LogP contribution in [0.4, 0.5) is 0 Å². The number of rotatable bonds is 7. The molecule has 1 fully saturated rings. The molecule has 1 aliphatic carbocycles. The zero-order chi connectivity index (χ0) is 16.9. The second-order valence-corrected chi connectivity index (χ2v) is 5.98. The lowest BCUT2D eigenvalue weighted by Crippen LogP contribution is -2.38. The van der Waals surface area contributed by atoms with Crippen molar-refractivity contribution >= 4 is 11.9 Å². The van der Waals surface area contributed by atoms with Crippen molar-refractivity contribution in [1.82, 2.24) is 9.88 Å². The van der Waals surface area contributed by atoms with Gasteiger partial charge in [-0.2, -0.15) is 0 Å². The smallest absolute Gasteiger partial charge is 0.325 e. The maximum Gasteiger partial charge on any atom is 0.325 e. The molecule has 1 amide bonds.